The maximum absolute atomic E-state index is 12.7. The predicted molar refractivity (Wildman–Crippen MR) is 122 cm³/mol. The molecule has 4 nitrogen and oxygen atoms in total. The number of fused-ring (bicyclic) bond motifs is 5. The molecular formula is C24H17BrN2O2. The fourth-order valence-corrected chi connectivity index (χ4v) is 4.22. The largest absolute Gasteiger partial charge is 0.507 e. The minimum absolute atomic E-state index is 0.0372. The number of benzene rings is 4. The van der Waals surface area contributed by atoms with E-state index >= 15 is 0 Å². The van der Waals surface area contributed by atoms with E-state index in [1.54, 1.807) is 24.3 Å². The van der Waals surface area contributed by atoms with Crippen molar-refractivity contribution in [2.24, 2.45) is 7.05 Å². The summed E-state index contributed by atoms with van der Waals surface area (Å²) in [5, 5.41) is 17.6. The quantitative estimate of drug-likeness (QED) is 0.340. The molecule has 5 aromatic rings. The average Bonchev–Trinajstić information content (AvgIpc) is 3.02. The molecule has 0 aliphatic heterocycles. The fourth-order valence-electron chi connectivity index (χ4n) is 3.95. The van der Waals surface area contributed by atoms with Crippen LogP contribution in [0.3, 0.4) is 0 Å². The van der Waals surface area contributed by atoms with Crippen LogP contribution < -0.4 is 5.32 Å². The second kappa shape index (κ2) is 6.64. The molecule has 0 radical (unpaired) electrons. The van der Waals surface area contributed by atoms with Crippen LogP contribution in [0.1, 0.15) is 10.4 Å². The van der Waals surface area contributed by atoms with Gasteiger partial charge in [-0.3, -0.25) is 4.79 Å². The zero-order valence-electron chi connectivity index (χ0n) is 15.6. The molecule has 5 heteroatoms. The lowest BCUT2D eigenvalue weighted by molar-refractivity contribution is 0.102. The van der Waals surface area contributed by atoms with Crippen molar-refractivity contribution in [1.82, 2.24) is 4.57 Å². The lowest BCUT2D eigenvalue weighted by atomic mass is 10.0. The lowest BCUT2D eigenvalue weighted by Gasteiger charge is -2.10. The third-order valence-corrected chi connectivity index (χ3v) is 5.87. The lowest BCUT2D eigenvalue weighted by Crippen LogP contribution is -2.12. The Morgan fingerprint density at radius 3 is 2.48 bits per heavy atom. The number of anilines is 1. The van der Waals surface area contributed by atoms with Crippen LogP contribution in [-0.4, -0.2) is 15.6 Å². The highest BCUT2D eigenvalue weighted by Crippen LogP contribution is 2.36. The summed E-state index contributed by atoms with van der Waals surface area (Å²) in [5.74, 6) is -0.381. The van der Waals surface area contributed by atoms with Gasteiger partial charge in [-0.1, -0.05) is 46.3 Å². The average molecular weight is 445 g/mol. The van der Waals surface area contributed by atoms with Crippen molar-refractivity contribution in [3.05, 3.63) is 82.8 Å². The zero-order chi connectivity index (χ0) is 20.1. The van der Waals surface area contributed by atoms with Gasteiger partial charge in [0.2, 0.25) is 0 Å². The number of nitrogens with one attached hydrogen (secondary N) is 1. The third kappa shape index (κ3) is 2.86. The molecular weight excluding hydrogens is 428 g/mol. The number of carbonyl (C=O) groups is 1. The minimum Gasteiger partial charge on any atom is -0.507 e. The molecule has 0 bridgehead atoms. The second-order valence-corrected chi connectivity index (χ2v) is 8.01. The number of amides is 1. The second-order valence-electron chi connectivity index (χ2n) is 7.09. The van der Waals surface area contributed by atoms with Gasteiger partial charge in [-0.15, -0.1) is 0 Å². The molecule has 4 aromatic carbocycles. The summed E-state index contributed by atoms with van der Waals surface area (Å²) < 4.78 is 3.07. The zero-order valence-corrected chi connectivity index (χ0v) is 17.2. The highest BCUT2D eigenvalue weighted by molar-refractivity contribution is 9.10. The number of aromatic hydroxyl groups is 1. The number of halogens is 1. The van der Waals surface area contributed by atoms with Gasteiger partial charge in [0.05, 0.1) is 11.1 Å². The molecule has 5 rings (SSSR count). The van der Waals surface area contributed by atoms with Gasteiger partial charge in [0.15, 0.2) is 0 Å². The maximum atomic E-state index is 12.7. The molecule has 1 aromatic heterocycles. The number of aryl methyl sites for hydroxylation is 1. The van der Waals surface area contributed by atoms with Crippen LogP contribution in [0, 0.1) is 0 Å². The third-order valence-electron chi connectivity index (χ3n) is 5.35. The molecule has 2 N–H and O–H groups in total. The van der Waals surface area contributed by atoms with Crippen LogP contribution in [0.2, 0.25) is 0 Å². The Bertz CT molecular complexity index is 1420. The summed E-state index contributed by atoms with van der Waals surface area (Å²) in [6.45, 7) is 0. The number of nitrogens with zero attached hydrogens (tertiary/aromatic N) is 1. The highest BCUT2D eigenvalue weighted by Gasteiger charge is 2.16. The minimum atomic E-state index is -0.344. The number of aromatic nitrogens is 1. The van der Waals surface area contributed by atoms with Gasteiger partial charge in [0, 0.05) is 38.9 Å². The summed E-state index contributed by atoms with van der Waals surface area (Å²) in [6.07, 6.45) is 0. The first-order chi connectivity index (χ1) is 14.0. The first-order valence-electron chi connectivity index (χ1n) is 9.23. The molecule has 0 atom stereocenters. The van der Waals surface area contributed by atoms with Crippen molar-refractivity contribution in [2.45, 2.75) is 0 Å². The van der Waals surface area contributed by atoms with Crippen molar-refractivity contribution < 1.29 is 9.90 Å². The van der Waals surface area contributed by atoms with Gasteiger partial charge in [-0.05, 0) is 47.9 Å². The van der Waals surface area contributed by atoms with E-state index in [9.17, 15) is 9.90 Å². The summed E-state index contributed by atoms with van der Waals surface area (Å²) in [5.41, 5.74) is 3.09. The molecule has 1 heterocycles. The molecule has 29 heavy (non-hydrogen) atoms. The van der Waals surface area contributed by atoms with Gasteiger partial charge < -0.3 is 15.0 Å². The smallest absolute Gasteiger partial charge is 0.259 e. The number of hydrogen-bond acceptors (Lipinski definition) is 2. The Hall–Kier alpha value is -3.31. The van der Waals surface area contributed by atoms with E-state index in [0.717, 1.165) is 31.7 Å². The first kappa shape index (κ1) is 17.8. The Balaban J connectivity index is 1.65. The first-order valence-corrected chi connectivity index (χ1v) is 10.0. The Morgan fingerprint density at radius 2 is 1.69 bits per heavy atom. The Kier molecular flexibility index (Phi) is 4.07. The molecule has 0 fully saturated rings. The summed E-state index contributed by atoms with van der Waals surface area (Å²) >= 11 is 3.38. The highest BCUT2D eigenvalue weighted by atomic mass is 79.9. The monoisotopic (exact) mass is 444 g/mol. The summed E-state index contributed by atoms with van der Waals surface area (Å²) in [7, 11) is 2.02. The van der Waals surface area contributed by atoms with Crippen LogP contribution in [0.25, 0.3) is 32.6 Å². The number of para-hydroxylation sites is 1. The van der Waals surface area contributed by atoms with Crippen molar-refractivity contribution in [3.63, 3.8) is 0 Å². The normalized spacial score (nSPS) is 11.4. The predicted octanol–water partition coefficient (Wildman–Crippen LogP) is 6.21. The molecule has 0 aliphatic carbocycles. The van der Waals surface area contributed by atoms with Crippen molar-refractivity contribution in [3.8, 4) is 5.75 Å². The topological polar surface area (TPSA) is 54.3 Å². The number of carbonyl (C=O) groups excluding carboxylic acids is 1. The molecule has 0 saturated carbocycles. The van der Waals surface area contributed by atoms with E-state index in [2.05, 4.69) is 44.0 Å². The van der Waals surface area contributed by atoms with Gasteiger partial charge in [-0.2, -0.15) is 0 Å². The van der Waals surface area contributed by atoms with Gasteiger partial charge in [0.1, 0.15) is 5.75 Å². The van der Waals surface area contributed by atoms with Gasteiger partial charge in [0.25, 0.3) is 5.91 Å². The molecule has 1 amide bonds. The van der Waals surface area contributed by atoms with E-state index in [0.29, 0.717) is 5.69 Å². The van der Waals surface area contributed by atoms with E-state index in [-0.39, 0.29) is 17.2 Å². The SMILES string of the molecule is Cn1c2ccccc2c2ccc3cc(C(=O)Nc4ccc(Br)cc4)c(O)cc3c21. The van der Waals surface area contributed by atoms with Crippen molar-refractivity contribution in [1.29, 1.82) is 0 Å². The van der Waals surface area contributed by atoms with E-state index in [1.807, 2.05) is 37.4 Å². The Labute approximate surface area is 175 Å². The van der Waals surface area contributed by atoms with Crippen LogP contribution in [0.15, 0.2) is 77.3 Å². The van der Waals surface area contributed by atoms with Crippen LogP contribution in [0.4, 0.5) is 5.69 Å². The van der Waals surface area contributed by atoms with Crippen molar-refractivity contribution in [2.75, 3.05) is 5.32 Å². The number of hydrogen-bond donors (Lipinski definition) is 2. The Morgan fingerprint density at radius 1 is 0.931 bits per heavy atom. The number of phenols is 1. The summed E-state index contributed by atoms with van der Waals surface area (Å²) in [6, 6.07) is 23.1. The standard InChI is InChI=1S/C24H17BrN2O2/c1-27-21-5-3-2-4-17(21)18-11-6-14-12-20(22(28)13-19(14)23(18)27)24(29)26-16-9-7-15(25)8-10-16/h2-13,28H,1H3,(H,26,29). The molecule has 0 saturated heterocycles. The molecule has 0 aliphatic rings. The van der Waals surface area contributed by atoms with Crippen LogP contribution >= 0.6 is 15.9 Å². The molecule has 0 spiro atoms. The molecule has 142 valence electrons. The van der Waals surface area contributed by atoms with E-state index < -0.39 is 0 Å². The van der Waals surface area contributed by atoms with Crippen LogP contribution in [0.5, 0.6) is 5.75 Å². The number of phenolic OH excluding ortho intramolecular Hbond substituents is 1. The van der Waals surface area contributed by atoms with E-state index in [1.165, 1.54) is 5.39 Å². The van der Waals surface area contributed by atoms with E-state index in [4.69, 9.17) is 0 Å². The van der Waals surface area contributed by atoms with Gasteiger partial charge in [-0.25, -0.2) is 0 Å². The van der Waals surface area contributed by atoms with Gasteiger partial charge >= 0.3 is 0 Å². The summed E-state index contributed by atoms with van der Waals surface area (Å²) in [4.78, 5) is 12.7. The van der Waals surface area contributed by atoms with Crippen LogP contribution in [-0.2, 0) is 7.05 Å². The fraction of sp³-hybridized carbons (Fsp3) is 0.0417. The number of rotatable bonds is 2. The molecule has 0 unspecified atom stereocenters. The van der Waals surface area contributed by atoms with Crippen molar-refractivity contribution >= 4 is 60.1 Å². The maximum Gasteiger partial charge on any atom is 0.259 e.